The zero-order valence-corrected chi connectivity index (χ0v) is 12.3. The molecule has 20 heavy (non-hydrogen) atoms. The van der Waals surface area contributed by atoms with E-state index in [4.69, 9.17) is 14.2 Å². The van der Waals surface area contributed by atoms with Gasteiger partial charge < -0.3 is 14.2 Å². The van der Waals surface area contributed by atoms with Crippen LogP contribution in [0.3, 0.4) is 0 Å². The Morgan fingerprint density at radius 3 is 3.00 bits per heavy atom. The van der Waals surface area contributed by atoms with Crippen LogP contribution in [-0.4, -0.2) is 32.1 Å². The predicted octanol–water partition coefficient (Wildman–Crippen LogP) is 2.53. The standard InChI is InChI=1S/C16H24O4/c1-10-7-12-8-20-16(17)15(12)13(11(10)2)9-19-14-5-3-4-6-18-14/h7,11-15H,3-6,8-9H2,1-2H3/t11-,12-,13-,14?,15+/m1/s1. The van der Waals surface area contributed by atoms with E-state index in [1.165, 1.54) is 5.57 Å². The van der Waals surface area contributed by atoms with Crippen molar-refractivity contribution in [3.8, 4) is 0 Å². The van der Waals surface area contributed by atoms with Gasteiger partial charge in [-0.05, 0) is 32.1 Å². The molecule has 5 atom stereocenters. The van der Waals surface area contributed by atoms with E-state index in [1.807, 2.05) is 0 Å². The molecule has 112 valence electrons. The Morgan fingerprint density at radius 2 is 2.25 bits per heavy atom. The lowest BCUT2D eigenvalue weighted by molar-refractivity contribution is -0.176. The third-order valence-electron chi connectivity index (χ3n) is 5.06. The highest BCUT2D eigenvalue weighted by Gasteiger charge is 2.46. The van der Waals surface area contributed by atoms with Gasteiger partial charge in [-0.15, -0.1) is 0 Å². The van der Waals surface area contributed by atoms with E-state index in [1.54, 1.807) is 0 Å². The molecule has 2 heterocycles. The van der Waals surface area contributed by atoms with Gasteiger partial charge >= 0.3 is 5.97 Å². The summed E-state index contributed by atoms with van der Waals surface area (Å²) >= 11 is 0. The number of hydrogen-bond donors (Lipinski definition) is 0. The van der Waals surface area contributed by atoms with Crippen molar-refractivity contribution in [3.63, 3.8) is 0 Å². The lowest BCUT2D eigenvalue weighted by Gasteiger charge is -2.35. The van der Waals surface area contributed by atoms with Crippen LogP contribution in [0.4, 0.5) is 0 Å². The number of rotatable bonds is 3. The van der Waals surface area contributed by atoms with Gasteiger partial charge in [-0.3, -0.25) is 4.79 Å². The molecule has 0 aromatic carbocycles. The maximum absolute atomic E-state index is 12.0. The van der Waals surface area contributed by atoms with Gasteiger partial charge in [0.1, 0.15) is 0 Å². The summed E-state index contributed by atoms with van der Waals surface area (Å²) in [5.41, 5.74) is 1.35. The molecule has 4 nitrogen and oxygen atoms in total. The van der Waals surface area contributed by atoms with E-state index >= 15 is 0 Å². The summed E-state index contributed by atoms with van der Waals surface area (Å²) in [6, 6.07) is 0. The van der Waals surface area contributed by atoms with Gasteiger partial charge in [0.2, 0.25) is 0 Å². The monoisotopic (exact) mass is 280 g/mol. The van der Waals surface area contributed by atoms with Crippen molar-refractivity contribution in [2.24, 2.45) is 23.7 Å². The van der Waals surface area contributed by atoms with Crippen LogP contribution in [0.15, 0.2) is 11.6 Å². The average Bonchev–Trinajstić information content (AvgIpc) is 2.82. The molecule has 0 bridgehead atoms. The Balaban J connectivity index is 1.66. The summed E-state index contributed by atoms with van der Waals surface area (Å²) < 4.78 is 16.8. The van der Waals surface area contributed by atoms with Gasteiger partial charge in [-0.1, -0.05) is 18.6 Å². The lowest BCUT2D eigenvalue weighted by atomic mass is 9.69. The predicted molar refractivity (Wildman–Crippen MR) is 73.9 cm³/mol. The van der Waals surface area contributed by atoms with Crippen molar-refractivity contribution in [2.75, 3.05) is 19.8 Å². The fourth-order valence-corrected chi connectivity index (χ4v) is 3.64. The SMILES string of the molecule is CC1=C[C@@H]2COC(=O)[C@@H]2[C@H](COC2CCCCO2)[C@@H]1C. The van der Waals surface area contributed by atoms with Crippen LogP contribution in [0, 0.1) is 23.7 Å². The Kier molecular flexibility index (Phi) is 4.13. The Labute approximate surface area is 120 Å². The van der Waals surface area contributed by atoms with Gasteiger partial charge in [-0.25, -0.2) is 0 Å². The normalized spacial score (nSPS) is 41.0. The Morgan fingerprint density at radius 1 is 1.40 bits per heavy atom. The van der Waals surface area contributed by atoms with E-state index in [0.717, 1.165) is 25.9 Å². The zero-order chi connectivity index (χ0) is 14.1. The van der Waals surface area contributed by atoms with Crippen LogP contribution in [0.1, 0.15) is 33.1 Å². The summed E-state index contributed by atoms with van der Waals surface area (Å²) in [5.74, 6) is 0.733. The number of esters is 1. The van der Waals surface area contributed by atoms with Crippen molar-refractivity contribution in [1.82, 2.24) is 0 Å². The summed E-state index contributed by atoms with van der Waals surface area (Å²) in [6.45, 7) is 6.24. The highest BCUT2D eigenvalue weighted by molar-refractivity contribution is 5.76. The van der Waals surface area contributed by atoms with Crippen molar-refractivity contribution < 1.29 is 19.0 Å². The highest BCUT2D eigenvalue weighted by Crippen LogP contribution is 2.42. The molecule has 2 fully saturated rings. The number of hydrogen-bond acceptors (Lipinski definition) is 4. The molecule has 3 rings (SSSR count). The van der Waals surface area contributed by atoms with Crippen molar-refractivity contribution in [2.45, 2.75) is 39.4 Å². The number of cyclic esters (lactones) is 1. The molecule has 3 aliphatic rings. The summed E-state index contributed by atoms with van der Waals surface area (Å²) in [5, 5.41) is 0. The third kappa shape index (κ3) is 2.63. The molecule has 2 aliphatic heterocycles. The number of ether oxygens (including phenoxy) is 3. The molecule has 0 radical (unpaired) electrons. The van der Waals surface area contributed by atoms with Crippen LogP contribution < -0.4 is 0 Å². The van der Waals surface area contributed by atoms with E-state index in [2.05, 4.69) is 19.9 Å². The molecule has 4 heteroatoms. The van der Waals surface area contributed by atoms with Crippen LogP contribution in [0.25, 0.3) is 0 Å². The quantitative estimate of drug-likeness (QED) is 0.588. The number of fused-ring (bicyclic) bond motifs is 1. The van der Waals surface area contributed by atoms with Crippen LogP contribution >= 0.6 is 0 Å². The zero-order valence-electron chi connectivity index (χ0n) is 12.3. The van der Waals surface area contributed by atoms with Crippen molar-refractivity contribution in [3.05, 3.63) is 11.6 Å². The van der Waals surface area contributed by atoms with E-state index in [-0.39, 0.29) is 30.0 Å². The molecule has 1 unspecified atom stereocenters. The van der Waals surface area contributed by atoms with Gasteiger partial charge in [0.15, 0.2) is 6.29 Å². The average molecular weight is 280 g/mol. The molecule has 0 amide bonds. The summed E-state index contributed by atoms with van der Waals surface area (Å²) in [7, 11) is 0. The van der Waals surface area contributed by atoms with E-state index in [9.17, 15) is 4.79 Å². The van der Waals surface area contributed by atoms with Crippen LogP contribution in [-0.2, 0) is 19.0 Å². The van der Waals surface area contributed by atoms with Crippen molar-refractivity contribution in [1.29, 1.82) is 0 Å². The number of carbonyl (C=O) groups is 1. The van der Waals surface area contributed by atoms with Crippen LogP contribution in [0.2, 0.25) is 0 Å². The van der Waals surface area contributed by atoms with Gasteiger partial charge in [0.25, 0.3) is 0 Å². The fourth-order valence-electron chi connectivity index (χ4n) is 3.64. The number of allylic oxidation sites excluding steroid dienone is 1. The first kappa shape index (κ1) is 14.1. The lowest BCUT2D eigenvalue weighted by Crippen LogP contribution is -2.38. The second kappa shape index (κ2) is 5.86. The third-order valence-corrected chi connectivity index (χ3v) is 5.06. The minimum Gasteiger partial charge on any atom is -0.465 e. The fraction of sp³-hybridized carbons (Fsp3) is 0.812. The first-order chi connectivity index (χ1) is 9.66. The van der Waals surface area contributed by atoms with E-state index in [0.29, 0.717) is 19.1 Å². The molecule has 0 saturated carbocycles. The molecular weight excluding hydrogens is 256 g/mol. The van der Waals surface area contributed by atoms with Gasteiger partial charge in [0.05, 0.1) is 19.1 Å². The number of carbonyl (C=O) groups excluding carboxylic acids is 1. The molecule has 0 aromatic heterocycles. The summed E-state index contributed by atoms with van der Waals surface area (Å²) in [6.07, 6.45) is 5.39. The Bertz CT molecular complexity index is 397. The molecule has 2 saturated heterocycles. The topological polar surface area (TPSA) is 44.8 Å². The largest absolute Gasteiger partial charge is 0.465 e. The van der Waals surface area contributed by atoms with Gasteiger partial charge in [0, 0.05) is 18.4 Å². The summed E-state index contributed by atoms with van der Waals surface area (Å²) in [4.78, 5) is 12.0. The maximum Gasteiger partial charge on any atom is 0.310 e. The maximum atomic E-state index is 12.0. The smallest absolute Gasteiger partial charge is 0.310 e. The van der Waals surface area contributed by atoms with Crippen molar-refractivity contribution >= 4 is 5.97 Å². The highest BCUT2D eigenvalue weighted by atomic mass is 16.7. The van der Waals surface area contributed by atoms with E-state index < -0.39 is 0 Å². The van der Waals surface area contributed by atoms with Gasteiger partial charge in [-0.2, -0.15) is 0 Å². The molecule has 0 N–H and O–H groups in total. The van der Waals surface area contributed by atoms with Crippen LogP contribution in [0.5, 0.6) is 0 Å². The molecule has 0 spiro atoms. The Hall–Kier alpha value is -0.870. The molecule has 0 aromatic rings. The molecular formula is C16H24O4. The second-order valence-electron chi connectivity index (χ2n) is 6.31. The molecule has 1 aliphatic carbocycles. The first-order valence-electron chi connectivity index (χ1n) is 7.75. The second-order valence-corrected chi connectivity index (χ2v) is 6.31. The minimum absolute atomic E-state index is 0.0303. The first-order valence-corrected chi connectivity index (χ1v) is 7.75. The minimum atomic E-state index is -0.0852.